The first-order chi connectivity index (χ1) is 12.2. The van der Waals surface area contributed by atoms with E-state index >= 15 is 0 Å². The Kier molecular flexibility index (Phi) is 3.94. The molecule has 2 aromatic carbocycles. The monoisotopic (exact) mass is 361 g/mol. The highest BCUT2D eigenvalue weighted by Crippen LogP contribution is 2.46. The minimum atomic E-state index is -4.37. The van der Waals surface area contributed by atoms with Gasteiger partial charge in [-0.1, -0.05) is 18.2 Å². The van der Waals surface area contributed by atoms with E-state index < -0.39 is 17.3 Å². The minimum Gasteiger partial charge on any atom is -0.488 e. The van der Waals surface area contributed by atoms with Crippen LogP contribution in [-0.2, 0) is 6.18 Å². The van der Waals surface area contributed by atoms with E-state index in [9.17, 15) is 13.2 Å². The first-order valence-electron chi connectivity index (χ1n) is 8.98. The summed E-state index contributed by atoms with van der Waals surface area (Å²) in [5.74, 6) is 0.368. The minimum absolute atomic E-state index is 0.0252. The second kappa shape index (κ2) is 5.93. The van der Waals surface area contributed by atoms with Crippen LogP contribution in [0.3, 0.4) is 0 Å². The maximum atomic E-state index is 13.1. The molecule has 26 heavy (non-hydrogen) atoms. The molecule has 0 aliphatic carbocycles. The summed E-state index contributed by atoms with van der Waals surface area (Å²) in [5, 5.41) is 0. The molecule has 0 N–H and O–H groups in total. The summed E-state index contributed by atoms with van der Waals surface area (Å²) >= 11 is 0. The molecule has 0 saturated carbocycles. The van der Waals surface area contributed by atoms with Crippen LogP contribution in [0, 0.1) is 0 Å². The number of fused-ring (bicyclic) bond motifs is 1. The molecule has 0 bridgehead atoms. The number of rotatable bonds is 2. The van der Waals surface area contributed by atoms with E-state index in [0.29, 0.717) is 5.75 Å². The van der Waals surface area contributed by atoms with Gasteiger partial charge in [-0.3, -0.25) is 0 Å². The largest absolute Gasteiger partial charge is 0.488 e. The van der Waals surface area contributed by atoms with Gasteiger partial charge in [0.2, 0.25) is 0 Å². The lowest BCUT2D eigenvalue weighted by Gasteiger charge is -2.39. The topological polar surface area (TPSA) is 12.5 Å². The molecule has 0 radical (unpaired) electrons. The second-order valence-electron chi connectivity index (χ2n) is 7.80. The normalized spacial score (nSPS) is 21.6. The van der Waals surface area contributed by atoms with Crippen LogP contribution in [0.15, 0.2) is 42.5 Å². The van der Waals surface area contributed by atoms with Crippen LogP contribution in [0.2, 0.25) is 0 Å². The van der Waals surface area contributed by atoms with Crippen molar-refractivity contribution in [1.29, 1.82) is 0 Å². The van der Waals surface area contributed by atoms with E-state index in [2.05, 4.69) is 23.1 Å². The Hall–Kier alpha value is -2.17. The molecule has 1 saturated heterocycles. The van der Waals surface area contributed by atoms with Crippen molar-refractivity contribution in [3.05, 3.63) is 59.2 Å². The average Bonchev–Trinajstić information content (AvgIpc) is 2.50. The highest BCUT2D eigenvalue weighted by atomic mass is 19.4. The number of benzene rings is 2. The fourth-order valence-electron chi connectivity index (χ4n) is 3.84. The summed E-state index contributed by atoms with van der Waals surface area (Å²) in [6.07, 6.45) is -2.43. The smallest absolute Gasteiger partial charge is 0.416 e. The van der Waals surface area contributed by atoms with Gasteiger partial charge < -0.3 is 9.64 Å². The average molecular weight is 361 g/mol. The zero-order valence-corrected chi connectivity index (χ0v) is 14.9. The number of nitrogens with zero attached hydrogens (tertiary/aromatic N) is 1. The van der Waals surface area contributed by atoms with Gasteiger partial charge in [-0.15, -0.1) is 0 Å². The van der Waals surface area contributed by atoms with E-state index in [0.717, 1.165) is 42.8 Å². The Labute approximate surface area is 151 Å². The lowest BCUT2D eigenvalue weighted by Crippen LogP contribution is -2.37. The van der Waals surface area contributed by atoms with Crippen molar-refractivity contribution < 1.29 is 17.9 Å². The van der Waals surface area contributed by atoms with Gasteiger partial charge in [-0.25, -0.2) is 0 Å². The summed E-state index contributed by atoms with van der Waals surface area (Å²) < 4.78 is 45.2. The molecule has 4 rings (SSSR count). The van der Waals surface area contributed by atoms with Crippen LogP contribution < -0.4 is 9.64 Å². The summed E-state index contributed by atoms with van der Waals surface area (Å²) in [6.45, 7) is 5.99. The summed E-state index contributed by atoms with van der Waals surface area (Å²) in [4.78, 5) is 2.32. The van der Waals surface area contributed by atoms with Crippen molar-refractivity contribution in [3.8, 4) is 5.75 Å². The molecule has 0 amide bonds. The van der Waals surface area contributed by atoms with Crippen LogP contribution in [0.5, 0.6) is 5.75 Å². The molecular formula is C21H22F3NO. The molecule has 1 fully saturated rings. The standard InChI is InChI=1S/C21H22F3NO/c1-20(2)13-18(14-5-3-6-16(11-14)25-9-4-10-25)17-8-7-15(21(22,23)24)12-19(17)26-20/h3,5-8,11-12,18H,4,9-10,13H2,1-2H3. The third kappa shape index (κ3) is 3.15. The van der Waals surface area contributed by atoms with Crippen LogP contribution in [0.1, 0.15) is 49.3 Å². The maximum Gasteiger partial charge on any atom is 0.416 e. The number of hydrogen-bond donors (Lipinski definition) is 0. The van der Waals surface area contributed by atoms with Crippen LogP contribution in [0.4, 0.5) is 18.9 Å². The van der Waals surface area contributed by atoms with Crippen molar-refractivity contribution in [1.82, 2.24) is 0 Å². The summed E-state index contributed by atoms with van der Waals surface area (Å²) in [7, 11) is 0. The fraction of sp³-hybridized carbons (Fsp3) is 0.429. The Balaban J connectivity index is 1.76. The molecule has 2 aromatic rings. The number of ether oxygens (including phenoxy) is 1. The first-order valence-corrected chi connectivity index (χ1v) is 8.98. The summed E-state index contributed by atoms with van der Waals surface area (Å²) in [6, 6.07) is 12.3. The molecule has 2 nitrogen and oxygen atoms in total. The molecule has 0 aromatic heterocycles. The highest BCUT2D eigenvalue weighted by Gasteiger charge is 2.38. The molecule has 2 heterocycles. The zero-order chi connectivity index (χ0) is 18.5. The van der Waals surface area contributed by atoms with Crippen LogP contribution in [0.25, 0.3) is 0 Å². The summed E-state index contributed by atoms with van der Waals surface area (Å²) in [5.41, 5.74) is 1.97. The Morgan fingerprint density at radius 2 is 1.85 bits per heavy atom. The van der Waals surface area contributed by atoms with Gasteiger partial charge in [0.05, 0.1) is 5.56 Å². The third-order valence-electron chi connectivity index (χ3n) is 5.29. The van der Waals surface area contributed by atoms with Crippen LogP contribution in [-0.4, -0.2) is 18.7 Å². The third-order valence-corrected chi connectivity index (χ3v) is 5.29. The highest BCUT2D eigenvalue weighted by molar-refractivity contribution is 5.54. The van der Waals surface area contributed by atoms with Crippen molar-refractivity contribution in [2.75, 3.05) is 18.0 Å². The Bertz CT molecular complexity index is 824. The number of alkyl halides is 3. The van der Waals surface area contributed by atoms with Crippen molar-refractivity contribution in [3.63, 3.8) is 0 Å². The maximum absolute atomic E-state index is 13.1. The van der Waals surface area contributed by atoms with Gasteiger partial charge in [0.15, 0.2) is 0 Å². The molecule has 2 aliphatic heterocycles. The van der Waals surface area contributed by atoms with Crippen molar-refractivity contribution in [2.24, 2.45) is 0 Å². The number of hydrogen-bond acceptors (Lipinski definition) is 2. The molecule has 5 heteroatoms. The predicted octanol–water partition coefficient (Wildman–Crippen LogP) is 5.61. The van der Waals surface area contributed by atoms with Gasteiger partial charge in [0.1, 0.15) is 11.4 Å². The van der Waals surface area contributed by atoms with Gasteiger partial charge >= 0.3 is 6.18 Å². The van der Waals surface area contributed by atoms with E-state index in [-0.39, 0.29) is 5.92 Å². The number of halogens is 3. The zero-order valence-electron chi connectivity index (χ0n) is 14.9. The molecule has 2 aliphatic rings. The SMILES string of the molecule is CC1(C)CC(c2cccc(N3CCC3)c2)c2ccc(C(F)(F)F)cc2O1. The predicted molar refractivity (Wildman–Crippen MR) is 95.9 cm³/mol. The lowest BCUT2D eigenvalue weighted by molar-refractivity contribution is -0.137. The molecular weight excluding hydrogens is 339 g/mol. The van der Waals surface area contributed by atoms with E-state index in [1.165, 1.54) is 12.1 Å². The van der Waals surface area contributed by atoms with Crippen molar-refractivity contribution >= 4 is 5.69 Å². The van der Waals surface area contributed by atoms with E-state index in [1.807, 2.05) is 19.9 Å². The molecule has 1 atom stereocenters. The molecule has 0 spiro atoms. The van der Waals surface area contributed by atoms with Gasteiger partial charge in [0, 0.05) is 30.3 Å². The molecule has 138 valence electrons. The Morgan fingerprint density at radius 1 is 1.08 bits per heavy atom. The van der Waals surface area contributed by atoms with Gasteiger partial charge in [-0.05, 0) is 56.5 Å². The van der Waals surface area contributed by atoms with Crippen molar-refractivity contribution in [2.45, 2.75) is 44.4 Å². The fourth-order valence-corrected chi connectivity index (χ4v) is 3.84. The van der Waals surface area contributed by atoms with E-state index in [4.69, 9.17) is 4.74 Å². The Morgan fingerprint density at radius 3 is 2.50 bits per heavy atom. The van der Waals surface area contributed by atoms with Gasteiger partial charge in [-0.2, -0.15) is 13.2 Å². The first kappa shape index (κ1) is 17.3. The van der Waals surface area contributed by atoms with E-state index in [1.54, 1.807) is 6.07 Å². The lowest BCUT2D eigenvalue weighted by atomic mass is 9.79. The number of anilines is 1. The molecule has 1 unspecified atom stereocenters. The van der Waals surface area contributed by atoms with Crippen LogP contribution >= 0.6 is 0 Å². The second-order valence-corrected chi connectivity index (χ2v) is 7.80. The quantitative estimate of drug-likeness (QED) is 0.689. The van der Waals surface area contributed by atoms with Gasteiger partial charge in [0.25, 0.3) is 0 Å².